The Morgan fingerprint density at radius 3 is 2.94 bits per heavy atom. The van der Waals surface area contributed by atoms with Crippen molar-refractivity contribution < 1.29 is 13.9 Å². The Morgan fingerprint density at radius 1 is 1.18 bits per heavy atom. The molecule has 0 saturated heterocycles. The minimum atomic E-state index is -0.351. The summed E-state index contributed by atoms with van der Waals surface area (Å²) in [6, 6.07) is 11.6. The van der Waals surface area contributed by atoms with Gasteiger partial charge in [-0.25, -0.2) is 9.97 Å². The van der Waals surface area contributed by atoms with Crippen molar-refractivity contribution in [3.63, 3.8) is 0 Å². The summed E-state index contributed by atoms with van der Waals surface area (Å²) in [5, 5.41) is 6.65. The van der Waals surface area contributed by atoms with Crippen LogP contribution in [0.1, 0.15) is 23.8 Å². The van der Waals surface area contributed by atoms with Crippen LogP contribution in [0.4, 0.5) is 5.69 Å². The molecule has 2 aromatic carbocycles. The Hall–Kier alpha value is -3.10. The van der Waals surface area contributed by atoms with Crippen LogP contribution < -0.4 is 10.1 Å². The minimum absolute atomic E-state index is 0.118. The van der Waals surface area contributed by atoms with E-state index >= 15 is 0 Å². The molecule has 0 saturated carbocycles. The first-order valence-electron chi connectivity index (χ1n) is 10.8. The summed E-state index contributed by atoms with van der Waals surface area (Å²) in [5.74, 6) is 0.479. The number of aromatic nitrogens is 2. The molecule has 8 heteroatoms. The molecule has 33 heavy (non-hydrogen) atoms. The lowest BCUT2D eigenvalue weighted by Crippen LogP contribution is -2.22. The third kappa shape index (κ3) is 3.45. The Labute approximate surface area is 198 Å². The molecule has 5 aromatic rings. The molecule has 1 N–H and O–H groups in total. The number of fused-ring (bicyclic) bond motifs is 6. The molecule has 3 heterocycles. The fourth-order valence-electron chi connectivity index (χ4n) is 4.46. The van der Waals surface area contributed by atoms with Gasteiger partial charge in [-0.1, -0.05) is 30.0 Å². The van der Waals surface area contributed by atoms with Crippen LogP contribution in [-0.4, -0.2) is 28.2 Å². The first-order valence-corrected chi connectivity index (χ1v) is 12.5. The number of hydrogen-bond acceptors (Lipinski definition) is 7. The second-order valence-corrected chi connectivity index (χ2v) is 10.5. The normalized spacial score (nSPS) is 14.1. The number of para-hydroxylation sites is 1. The number of aryl methyl sites for hydroxylation is 2. The van der Waals surface area contributed by atoms with Gasteiger partial charge in [-0.15, -0.1) is 11.3 Å². The predicted molar refractivity (Wildman–Crippen MR) is 134 cm³/mol. The molecular formula is C25H21N3O3S2. The SMILES string of the molecule is COc1cc2c(cc1NC(=O)C(C)Sc1ncnc3sc4c(c13)CCC4)oc1ccccc12. The second-order valence-electron chi connectivity index (χ2n) is 8.11. The van der Waals surface area contributed by atoms with Gasteiger partial charge in [0.1, 0.15) is 33.1 Å². The van der Waals surface area contributed by atoms with Crippen LogP contribution >= 0.6 is 23.1 Å². The van der Waals surface area contributed by atoms with E-state index in [2.05, 4.69) is 15.3 Å². The third-order valence-electron chi connectivity index (χ3n) is 6.08. The summed E-state index contributed by atoms with van der Waals surface area (Å²) in [6.07, 6.45) is 4.95. The van der Waals surface area contributed by atoms with Crippen LogP contribution in [0.2, 0.25) is 0 Å². The van der Waals surface area contributed by atoms with Gasteiger partial charge in [0.2, 0.25) is 5.91 Å². The highest BCUT2D eigenvalue weighted by Crippen LogP contribution is 2.41. The van der Waals surface area contributed by atoms with E-state index in [-0.39, 0.29) is 11.2 Å². The Morgan fingerprint density at radius 2 is 2.06 bits per heavy atom. The number of nitrogens with zero attached hydrogens (tertiary/aromatic N) is 2. The first-order chi connectivity index (χ1) is 16.1. The molecule has 6 rings (SSSR count). The number of carbonyl (C=O) groups is 1. The average Bonchev–Trinajstić information content (AvgIpc) is 3.51. The van der Waals surface area contributed by atoms with Gasteiger partial charge in [-0.3, -0.25) is 4.79 Å². The second kappa shape index (κ2) is 8.04. The molecule has 0 radical (unpaired) electrons. The zero-order valence-corrected chi connectivity index (χ0v) is 19.8. The molecule has 1 aliphatic carbocycles. The van der Waals surface area contributed by atoms with Crippen molar-refractivity contribution in [2.24, 2.45) is 0 Å². The number of benzene rings is 2. The van der Waals surface area contributed by atoms with Crippen molar-refractivity contribution in [1.29, 1.82) is 0 Å². The Bertz CT molecular complexity index is 1540. The smallest absolute Gasteiger partial charge is 0.237 e. The number of furan rings is 1. The summed E-state index contributed by atoms with van der Waals surface area (Å²) in [5.41, 5.74) is 3.46. The van der Waals surface area contributed by atoms with Gasteiger partial charge in [0.15, 0.2) is 0 Å². The van der Waals surface area contributed by atoms with Crippen molar-refractivity contribution in [1.82, 2.24) is 9.97 Å². The molecule has 0 bridgehead atoms. The van der Waals surface area contributed by atoms with Crippen LogP contribution in [0.15, 0.2) is 52.2 Å². The maximum atomic E-state index is 13.1. The molecule has 0 aliphatic heterocycles. The summed E-state index contributed by atoms with van der Waals surface area (Å²) >= 11 is 3.23. The number of thiophene rings is 1. The topological polar surface area (TPSA) is 77.2 Å². The zero-order chi connectivity index (χ0) is 22.5. The van der Waals surface area contributed by atoms with E-state index in [1.54, 1.807) is 24.8 Å². The maximum Gasteiger partial charge on any atom is 0.237 e. The fraction of sp³-hybridized carbons (Fsp3) is 0.240. The lowest BCUT2D eigenvalue weighted by Gasteiger charge is -2.14. The number of hydrogen-bond donors (Lipinski definition) is 1. The van der Waals surface area contributed by atoms with Crippen LogP contribution in [0, 0.1) is 0 Å². The highest BCUT2D eigenvalue weighted by atomic mass is 32.2. The molecule has 1 amide bonds. The van der Waals surface area contributed by atoms with Crippen molar-refractivity contribution in [2.45, 2.75) is 36.5 Å². The van der Waals surface area contributed by atoms with Gasteiger partial charge in [-0.2, -0.15) is 0 Å². The summed E-state index contributed by atoms with van der Waals surface area (Å²) < 4.78 is 11.6. The molecule has 6 nitrogen and oxygen atoms in total. The van der Waals surface area contributed by atoms with E-state index in [1.807, 2.05) is 43.3 Å². The number of nitrogens with one attached hydrogen (secondary N) is 1. The van der Waals surface area contributed by atoms with Crippen molar-refractivity contribution >= 4 is 66.8 Å². The largest absolute Gasteiger partial charge is 0.495 e. The van der Waals surface area contributed by atoms with Gasteiger partial charge in [0.25, 0.3) is 0 Å². The first kappa shape index (κ1) is 20.5. The van der Waals surface area contributed by atoms with E-state index < -0.39 is 0 Å². The monoisotopic (exact) mass is 475 g/mol. The van der Waals surface area contributed by atoms with Crippen molar-refractivity contribution in [3.05, 3.63) is 53.2 Å². The molecular weight excluding hydrogens is 454 g/mol. The predicted octanol–water partition coefficient (Wildman–Crippen LogP) is 6.21. The summed E-state index contributed by atoms with van der Waals surface area (Å²) in [7, 11) is 1.60. The maximum absolute atomic E-state index is 13.1. The Balaban J connectivity index is 1.29. The van der Waals surface area contributed by atoms with E-state index in [1.165, 1.54) is 28.6 Å². The summed E-state index contributed by atoms with van der Waals surface area (Å²) in [4.78, 5) is 24.6. The fourth-order valence-corrected chi connectivity index (χ4v) is 6.70. The lowest BCUT2D eigenvalue weighted by atomic mass is 10.1. The van der Waals surface area contributed by atoms with Gasteiger partial charge < -0.3 is 14.5 Å². The number of rotatable bonds is 5. The van der Waals surface area contributed by atoms with Crippen LogP contribution in [0.3, 0.4) is 0 Å². The molecule has 0 spiro atoms. The highest BCUT2D eigenvalue weighted by Gasteiger charge is 2.24. The van der Waals surface area contributed by atoms with E-state index in [0.717, 1.165) is 44.4 Å². The summed E-state index contributed by atoms with van der Waals surface area (Å²) in [6.45, 7) is 1.90. The van der Waals surface area contributed by atoms with Gasteiger partial charge in [0, 0.05) is 27.1 Å². The number of methoxy groups -OCH3 is 1. The Kier molecular flexibility index (Phi) is 4.99. The number of ether oxygens (including phenoxy) is 1. The standard InChI is InChI=1S/C25H21N3O3S2/c1-13(32-24-22-15-7-5-9-21(15)33-25(22)27-12-26-24)23(29)28-17-11-19-16(10-20(17)30-2)14-6-3-4-8-18(14)31-19/h3-4,6,8,10-13H,5,7,9H2,1-2H3,(H,28,29). The quantitative estimate of drug-likeness (QED) is 0.241. The molecule has 166 valence electrons. The molecule has 1 unspecified atom stereocenters. The van der Waals surface area contributed by atoms with Crippen LogP contribution in [-0.2, 0) is 17.6 Å². The molecule has 1 atom stereocenters. The van der Waals surface area contributed by atoms with Gasteiger partial charge in [0.05, 0.1) is 18.0 Å². The number of carbonyl (C=O) groups excluding carboxylic acids is 1. The molecule has 0 fully saturated rings. The molecule has 1 aliphatic rings. The van der Waals surface area contributed by atoms with Crippen LogP contribution in [0.25, 0.3) is 32.2 Å². The zero-order valence-electron chi connectivity index (χ0n) is 18.2. The minimum Gasteiger partial charge on any atom is -0.495 e. The van der Waals surface area contributed by atoms with E-state index in [9.17, 15) is 4.79 Å². The van der Waals surface area contributed by atoms with E-state index in [0.29, 0.717) is 17.0 Å². The van der Waals surface area contributed by atoms with Crippen molar-refractivity contribution in [3.8, 4) is 5.75 Å². The average molecular weight is 476 g/mol. The number of amides is 1. The van der Waals surface area contributed by atoms with Gasteiger partial charge in [-0.05, 0) is 43.9 Å². The lowest BCUT2D eigenvalue weighted by molar-refractivity contribution is -0.115. The van der Waals surface area contributed by atoms with Crippen LogP contribution in [0.5, 0.6) is 5.75 Å². The van der Waals surface area contributed by atoms with Crippen molar-refractivity contribution in [2.75, 3.05) is 12.4 Å². The number of thioether (sulfide) groups is 1. The number of anilines is 1. The van der Waals surface area contributed by atoms with Gasteiger partial charge >= 0.3 is 0 Å². The van der Waals surface area contributed by atoms with E-state index in [4.69, 9.17) is 9.15 Å². The third-order valence-corrected chi connectivity index (χ3v) is 8.38. The highest BCUT2D eigenvalue weighted by molar-refractivity contribution is 8.00. The molecule has 3 aromatic heterocycles.